The van der Waals surface area contributed by atoms with E-state index < -0.39 is 0 Å². The minimum absolute atomic E-state index is 0.946. The SMILES string of the molecule is C1=Cc2cc3ccc(cc4ccc(cc5cc(cc1n2)-c1cc(-c2ccccc2)ccc1-5)[nH]4)[nH]3. The lowest BCUT2D eigenvalue weighted by molar-refractivity contribution is 1.32. The minimum Gasteiger partial charge on any atom is -0.355 e. The van der Waals surface area contributed by atoms with Gasteiger partial charge in [0.25, 0.3) is 0 Å². The molecule has 5 aromatic rings. The van der Waals surface area contributed by atoms with Gasteiger partial charge in [0.15, 0.2) is 0 Å². The molecule has 2 aromatic carbocycles. The van der Waals surface area contributed by atoms with Crippen molar-refractivity contribution in [3.8, 4) is 33.4 Å². The molecule has 3 heteroatoms. The molecular formula is C31H21N3. The number of fused-ring (bicyclic) bond motifs is 11. The van der Waals surface area contributed by atoms with Crippen LogP contribution >= 0.6 is 0 Å². The molecule has 2 N–H and O–H groups in total. The lowest BCUT2D eigenvalue weighted by Gasteiger charge is -2.07. The van der Waals surface area contributed by atoms with Crippen LogP contribution in [0.3, 0.4) is 0 Å². The highest BCUT2D eigenvalue weighted by Gasteiger charge is 2.16. The fourth-order valence-electron chi connectivity index (χ4n) is 4.81. The van der Waals surface area contributed by atoms with E-state index in [4.69, 9.17) is 4.98 Å². The molecule has 4 heterocycles. The summed E-state index contributed by atoms with van der Waals surface area (Å²) in [6, 6.07) is 36.6. The van der Waals surface area contributed by atoms with Crippen molar-refractivity contribution in [2.75, 3.05) is 0 Å². The summed E-state index contributed by atoms with van der Waals surface area (Å²) in [5, 5.41) is 0. The largest absolute Gasteiger partial charge is 0.355 e. The molecule has 0 fully saturated rings. The zero-order chi connectivity index (χ0) is 22.5. The number of hydrogen-bond donors (Lipinski definition) is 2. The Hall–Kier alpha value is -4.63. The van der Waals surface area contributed by atoms with Gasteiger partial charge in [-0.15, -0.1) is 0 Å². The Balaban J connectivity index is 1.51. The smallest absolute Gasteiger partial charge is 0.0658 e. The summed E-state index contributed by atoms with van der Waals surface area (Å²) in [5.41, 5.74) is 13.4. The maximum Gasteiger partial charge on any atom is 0.0658 e. The molecule has 0 saturated carbocycles. The second-order valence-electron chi connectivity index (χ2n) is 8.79. The average molecular weight is 436 g/mol. The van der Waals surface area contributed by atoms with Crippen molar-refractivity contribution in [2.24, 2.45) is 0 Å². The molecular weight excluding hydrogens is 414 g/mol. The Morgan fingerprint density at radius 2 is 1.06 bits per heavy atom. The lowest BCUT2D eigenvalue weighted by atomic mass is 9.97. The molecule has 0 unspecified atom stereocenters. The van der Waals surface area contributed by atoms with E-state index >= 15 is 0 Å². The van der Waals surface area contributed by atoms with Gasteiger partial charge in [0.1, 0.15) is 0 Å². The lowest BCUT2D eigenvalue weighted by Crippen LogP contribution is -1.82. The number of aromatic nitrogens is 3. The first-order valence-corrected chi connectivity index (χ1v) is 11.5. The molecule has 0 spiro atoms. The van der Waals surface area contributed by atoms with E-state index in [0.717, 1.165) is 33.5 Å². The quantitative estimate of drug-likeness (QED) is 0.269. The third-order valence-corrected chi connectivity index (χ3v) is 6.43. The zero-order valence-corrected chi connectivity index (χ0v) is 18.4. The van der Waals surface area contributed by atoms with Gasteiger partial charge in [0.05, 0.1) is 11.4 Å². The number of aromatic amines is 2. The fraction of sp³-hybridized carbons (Fsp3) is 0. The summed E-state index contributed by atoms with van der Waals surface area (Å²) >= 11 is 0. The van der Waals surface area contributed by atoms with Crippen LogP contribution < -0.4 is 0 Å². The van der Waals surface area contributed by atoms with Gasteiger partial charge in [-0.05, 0) is 106 Å². The Bertz CT molecular complexity index is 1750. The Morgan fingerprint density at radius 3 is 1.82 bits per heavy atom. The van der Waals surface area contributed by atoms with E-state index in [1.165, 1.54) is 33.4 Å². The van der Waals surface area contributed by atoms with Crippen molar-refractivity contribution in [1.82, 2.24) is 15.0 Å². The van der Waals surface area contributed by atoms with Crippen LogP contribution in [0.5, 0.6) is 0 Å². The van der Waals surface area contributed by atoms with Crippen LogP contribution in [-0.2, 0) is 0 Å². The number of hydrogen-bond acceptors (Lipinski definition) is 1. The van der Waals surface area contributed by atoms with E-state index in [1.54, 1.807) is 0 Å². The third kappa shape index (κ3) is 3.35. The molecule has 0 amide bonds. The van der Waals surface area contributed by atoms with Crippen molar-refractivity contribution in [2.45, 2.75) is 0 Å². The second kappa shape index (κ2) is 7.46. The molecule has 0 atom stereocenters. The zero-order valence-electron chi connectivity index (χ0n) is 18.4. The topological polar surface area (TPSA) is 44.5 Å². The molecule has 0 saturated heterocycles. The number of benzene rings is 2. The molecule has 3 nitrogen and oxygen atoms in total. The second-order valence-corrected chi connectivity index (χ2v) is 8.79. The van der Waals surface area contributed by atoms with Gasteiger partial charge in [-0.2, -0.15) is 0 Å². The number of nitrogens with one attached hydrogen (secondary N) is 2. The maximum atomic E-state index is 4.85. The number of rotatable bonds is 1. The summed E-state index contributed by atoms with van der Waals surface area (Å²) in [7, 11) is 0. The molecule has 2 aliphatic rings. The van der Waals surface area contributed by atoms with Crippen LogP contribution in [0.15, 0.2) is 103 Å². The highest BCUT2D eigenvalue weighted by atomic mass is 14.7. The highest BCUT2D eigenvalue weighted by Crippen LogP contribution is 2.41. The van der Waals surface area contributed by atoms with Crippen LogP contribution in [0.25, 0.3) is 67.6 Å². The van der Waals surface area contributed by atoms with Gasteiger partial charge in [0, 0.05) is 22.1 Å². The van der Waals surface area contributed by atoms with Crippen LogP contribution in [0.2, 0.25) is 0 Å². The predicted octanol–water partition coefficient (Wildman–Crippen LogP) is 8.09. The van der Waals surface area contributed by atoms with E-state index in [-0.39, 0.29) is 0 Å². The first kappa shape index (κ1) is 18.9. The normalized spacial score (nSPS) is 12.0. The Morgan fingerprint density at radius 1 is 0.412 bits per heavy atom. The molecule has 8 bridgehead atoms. The summed E-state index contributed by atoms with van der Waals surface area (Å²) in [6.45, 7) is 0. The van der Waals surface area contributed by atoms with Crippen molar-refractivity contribution in [1.29, 1.82) is 0 Å². The monoisotopic (exact) mass is 435 g/mol. The summed E-state index contributed by atoms with van der Waals surface area (Å²) in [4.78, 5) is 11.8. The summed E-state index contributed by atoms with van der Waals surface area (Å²) in [5.74, 6) is 0. The van der Waals surface area contributed by atoms with Gasteiger partial charge in [-0.25, -0.2) is 4.98 Å². The van der Waals surface area contributed by atoms with E-state index in [2.05, 4.69) is 125 Å². The van der Waals surface area contributed by atoms with E-state index in [9.17, 15) is 0 Å². The fourth-order valence-corrected chi connectivity index (χ4v) is 4.81. The number of nitrogens with zero attached hydrogens (tertiary/aromatic N) is 1. The van der Waals surface area contributed by atoms with Crippen molar-refractivity contribution < 1.29 is 0 Å². The maximum absolute atomic E-state index is 4.85. The predicted molar refractivity (Wildman–Crippen MR) is 142 cm³/mol. The molecule has 0 radical (unpaired) electrons. The molecule has 3 aromatic heterocycles. The standard InChI is InChI=1S/C31H21N3/c1-2-4-20(5-3-1)21-6-13-30-22-14-23(31(30)17-21)16-25-8-10-27(33-25)19-29-12-11-28(34-29)18-26-9-7-24(15-22)32-26/h1-19,32,34H. The molecule has 1 aliphatic carbocycles. The van der Waals surface area contributed by atoms with Crippen molar-refractivity contribution in [3.63, 3.8) is 0 Å². The van der Waals surface area contributed by atoms with Gasteiger partial charge < -0.3 is 9.97 Å². The average Bonchev–Trinajstić information content (AvgIpc) is 3.65. The molecule has 160 valence electrons. The first-order chi connectivity index (χ1) is 16.8. The Kier molecular flexibility index (Phi) is 4.15. The van der Waals surface area contributed by atoms with E-state index in [1.807, 2.05) is 0 Å². The first-order valence-electron chi connectivity index (χ1n) is 11.5. The van der Waals surface area contributed by atoms with Crippen LogP contribution in [0.1, 0.15) is 11.4 Å². The van der Waals surface area contributed by atoms with Gasteiger partial charge >= 0.3 is 0 Å². The van der Waals surface area contributed by atoms with Gasteiger partial charge in [-0.1, -0.05) is 42.5 Å². The molecule has 34 heavy (non-hydrogen) atoms. The molecule has 1 aliphatic heterocycles. The van der Waals surface area contributed by atoms with Crippen LogP contribution in [-0.4, -0.2) is 15.0 Å². The van der Waals surface area contributed by atoms with Crippen molar-refractivity contribution >= 4 is 34.2 Å². The van der Waals surface area contributed by atoms with Gasteiger partial charge in [0.2, 0.25) is 0 Å². The Labute approximate surface area is 197 Å². The van der Waals surface area contributed by atoms with Crippen LogP contribution in [0, 0.1) is 0 Å². The summed E-state index contributed by atoms with van der Waals surface area (Å²) in [6.07, 6.45) is 4.15. The van der Waals surface area contributed by atoms with Crippen molar-refractivity contribution in [3.05, 3.63) is 115 Å². The minimum atomic E-state index is 0.946. The van der Waals surface area contributed by atoms with Gasteiger partial charge in [-0.3, -0.25) is 0 Å². The van der Waals surface area contributed by atoms with E-state index in [0.29, 0.717) is 0 Å². The highest BCUT2D eigenvalue weighted by molar-refractivity contribution is 5.94. The summed E-state index contributed by atoms with van der Waals surface area (Å²) < 4.78 is 0. The van der Waals surface area contributed by atoms with Crippen LogP contribution in [0.4, 0.5) is 0 Å². The number of H-pyrrole nitrogens is 2. The third-order valence-electron chi connectivity index (χ3n) is 6.43. The molecule has 7 rings (SSSR count).